The van der Waals surface area contributed by atoms with E-state index in [0.29, 0.717) is 23.6 Å². The Labute approximate surface area is 205 Å². The fraction of sp³-hybridized carbons (Fsp3) is 0.360. The van der Waals surface area contributed by atoms with Crippen LogP contribution in [-0.4, -0.2) is 49.1 Å². The molecule has 34 heavy (non-hydrogen) atoms. The summed E-state index contributed by atoms with van der Waals surface area (Å²) in [6, 6.07) is 15.4. The molecule has 3 N–H and O–H groups in total. The molecule has 0 bridgehead atoms. The summed E-state index contributed by atoms with van der Waals surface area (Å²) < 4.78 is 10.6. The fourth-order valence-electron chi connectivity index (χ4n) is 4.55. The number of carbonyl (C=O) groups is 1. The van der Waals surface area contributed by atoms with Gasteiger partial charge in [0.25, 0.3) is 5.91 Å². The zero-order valence-corrected chi connectivity index (χ0v) is 20.2. The Morgan fingerprint density at radius 1 is 1.32 bits per heavy atom. The van der Waals surface area contributed by atoms with Crippen LogP contribution in [0.15, 0.2) is 53.5 Å². The zero-order chi connectivity index (χ0) is 24.6. The third-order valence-electron chi connectivity index (χ3n) is 6.56. The van der Waals surface area contributed by atoms with E-state index in [2.05, 4.69) is 22.4 Å². The van der Waals surface area contributed by atoms with E-state index < -0.39 is 0 Å². The minimum atomic E-state index is -0.219. The lowest BCUT2D eigenvalue weighted by molar-refractivity contribution is 0.0927. The van der Waals surface area contributed by atoms with Crippen molar-refractivity contribution in [2.24, 2.45) is 10.7 Å². The average Bonchev–Trinajstić information content (AvgIpc) is 2.88. The highest BCUT2D eigenvalue weighted by Gasteiger charge is 2.38. The van der Waals surface area contributed by atoms with Gasteiger partial charge < -0.3 is 25.4 Å². The second-order valence-corrected chi connectivity index (χ2v) is 8.51. The lowest BCUT2D eigenvalue weighted by Gasteiger charge is -2.43. The molecule has 0 aromatic heterocycles. The number of nitrogens with one attached hydrogen (secondary N) is 1. The van der Waals surface area contributed by atoms with E-state index in [-0.39, 0.29) is 23.3 Å². The Bertz CT molecular complexity index is 1080. The standard InChI is InChI=1S/C25H29N5O3S/c1-30(24(27)29-16-26)19-10-12-25(13-11-19,18-6-4-3-5-7-18)15-28-23(31)21-9-8-20(33-17-34)14-22(21)32-2/h3-9,14,17,19H,10-13,15H2,1-2H3,(H2,27,29)(H,28,31). The van der Waals surface area contributed by atoms with Gasteiger partial charge in [-0.15, -0.1) is 4.99 Å². The Morgan fingerprint density at radius 2 is 2.03 bits per heavy atom. The highest BCUT2D eigenvalue weighted by atomic mass is 32.1. The average molecular weight is 480 g/mol. The molecule has 9 heteroatoms. The van der Waals surface area contributed by atoms with Gasteiger partial charge in [-0.3, -0.25) is 4.79 Å². The molecular weight excluding hydrogens is 450 g/mol. The monoisotopic (exact) mass is 479 g/mol. The quantitative estimate of drug-likeness (QED) is 0.258. The molecule has 1 amide bonds. The van der Waals surface area contributed by atoms with Crippen LogP contribution in [0, 0.1) is 11.5 Å². The van der Waals surface area contributed by atoms with Crippen molar-refractivity contribution in [2.45, 2.75) is 37.1 Å². The minimum Gasteiger partial charge on any atom is -0.496 e. The second-order valence-electron chi connectivity index (χ2n) is 8.32. The maximum Gasteiger partial charge on any atom is 0.255 e. The molecule has 0 aliphatic heterocycles. The van der Waals surface area contributed by atoms with Gasteiger partial charge in [-0.2, -0.15) is 5.26 Å². The summed E-state index contributed by atoms with van der Waals surface area (Å²) in [5.74, 6) is 0.927. The van der Waals surface area contributed by atoms with Crippen molar-refractivity contribution in [3.05, 3.63) is 59.7 Å². The van der Waals surface area contributed by atoms with Gasteiger partial charge in [0, 0.05) is 31.1 Å². The lowest BCUT2D eigenvalue weighted by Crippen LogP contribution is -2.49. The normalized spacial score (nSPS) is 20.0. The third-order valence-corrected chi connectivity index (χ3v) is 6.66. The van der Waals surface area contributed by atoms with E-state index in [1.165, 1.54) is 12.7 Å². The van der Waals surface area contributed by atoms with Gasteiger partial charge in [-0.1, -0.05) is 30.3 Å². The molecular formula is C25H29N5O3S. The van der Waals surface area contributed by atoms with Crippen molar-refractivity contribution in [3.63, 3.8) is 0 Å². The van der Waals surface area contributed by atoms with Gasteiger partial charge >= 0.3 is 0 Å². The Kier molecular flexibility index (Phi) is 8.44. The van der Waals surface area contributed by atoms with Crippen LogP contribution in [0.25, 0.3) is 0 Å². The smallest absolute Gasteiger partial charge is 0.255 e. The number of benzene rings is 2. The molecule has 0 heterocycles. The number of hydrogen-bond acceptors (Lipinski definition) is 6. The van der Waals surface area contributed by atoms with Crippen molar-refractivity contribution < 1.29 is 14.3 Å². The minimum absolute atomic E-state index is 0.179. The first-order valence-corrected chi connectivity index (χ1v) is 11.5. The molecule has 1 aliphatic carbocycles. The van der Waals surface area contributed by atoms with Crippen LogP contribution in [0.3, 0.4) is 0 Å². The maximum atomic E-state index is 13.1. The van der Waals surface area contributed by atoms with Crippen LogP contribution in [0.2, 0.25) is 0 Å². The summed E-state index contributed by atoms with van der Waals surface area (Å²) >= 11 is 4.72. The topological polar surface area (TPSA) is 113 Å². The van der Waals surface area contributed by atoms with E-state index in [4.69, 9.17) is 32.7 Å². The number of hydrogen-bond donors (Lipinski definition) is 2. The molecule has 2 aromatic rings. The summed E-state index contributed by atoms with van der Waals surface area (Å²) in [6.07, 6.45) is 5.16. The van der Waals surface area contributed by atoms with Crippen LogP contribution in [0.4, 0.5) is 0 Å². The first-order valence-electron chi connectivity index (χ1n) is 11.0. The third kappa shape index (κ3) is 5.64. The van der Waals surface area contributed by atoms with E-state index in [0.717, 1.165) is 31.2 Å². The fourth-order valence-corrected chi connectivity index (χ4v) is 4.66. The molecule has 0 radical (unpaired) electrons. The number of carbonyl (C=O) groups excluding carboxylic acids is 1. The van der Waals surface area contributed by atoms with Gasteiger partial charge in [0.05, 0.1) is 12.7 Å². The van der Waals surface area contributed by atoms with Crippen molar-refractivity contribution in [1.82, 2.24) is 10.2 Å². The van der Waals surface area contributed by atoms with Crippen LogP contribution in [0.1, 0.15) is 41.6 Å². The number of ether oxygens (including phenoxy) is 2. The summed E-state index contributed by atoms with van der Waals surface area (Å²) in [4.78, 5) is 18.6. The van der Waals surface area contributed by atoms with Gasteiger partial charge in [0.2, 0.25) is 12.2 Å². The van der Waals surface area contributed by atoms with Crippen LogP contribution >= 0.6 is 12.2 Å². The largest absolute Gasteiger partial charge is 0.496 e. The highest BCUT2D eigenvalue weighted by Crippen LogP contribution is 2.40. The molecule has 178 valence electrons. The predicted octanol–water partition coefficient (Wildman–Crippen LogP) is 3.37. The Hall–Kier alpha value is -3.64. The SMILES string of the molecule is COc1cc(OC=S)ccc1C(=O)NCC1(c2ccccc2)CCC(N(C)C(N)=NC#N)CC1. The van der Waals surface area contributed by atoms with E-state index >= 15 is 0 Å². The molecule has 3 rings (SSSR count). The predicted molar refractivity (Wildman–Crippen MR) is 135 cm³/mol. The van der Waals surface area contributed by atoms with Crippen LogP contribution in [0.5, 0.6) is 11.5 Å². The van der Waals surface area contributed by atoms with Crippen molar-refractivity contribution in [3.8, 4) is 17.7 Å². The number of nitrogens with zero attached hydrogens (tertiary/aromatic N) is 3. The lowest BCUT2D eigenvalue weighted by atomic mass is 9.68. The molecule has 1 aliphatic rings. The van der Waals surface area contributed by atoms with Crippen LogP contribution in [-0.2, 0) is 5.41 Å². The summed E-state index contributed by atoms with van der Waals surface area (Å²) in [5, 5.41) is 11.9. The van der Waals surface area contributed by atoms with E-state index in [1.807, 2.05) is 30.1 Å². The number of methoxy groups -OCH3 is 1. The van der Waals surface area contributed by atoms with Crippen molar-refractivity contribution >= 4 is 29.6 Å². The molecule has 8 nitrogen and oxygen atoms in total. The first-order chi connectivity index (χ1) is 16.4. The maximum absolute atomic E-state index is 13.1. The zero-order valence-electron chi connectivity index (χ0n) is 19.4. The number of amides is 1. The number of rotatable bonds is 8. The van der Waals surface area contributed by atoms with Gasteiger partial charge in [-0.25, -0.2) is 0 Å². The summed E-state index contributed by atoms with van der Waals surface area (Å²) in [5.41, 5.74) is 8.48. The van der Waals surface area contributed by atoms with Gasteiger partial charge in [0.15, 0.2) is 5.55 Å². The Morgan fingerprint density at radius 3 is 2.65 bits per heavy atom. The van der Waals surface area contributed by atoms with Crippen LogP contribution < -0.4 is 20.5 Å². The molecule has 1 fully saturated rings. The molecule has 0 spiro atoms. The van der Waals surface area contributed by atoms with E-state index in [1.54, 1.807) is 24.4 Å². The number of guanidine groups is 1. The van der Waals surface area contributed by atoms with Crippen molar-refractivity contribution in [1.29, 1.82) is 5.26 Å². The number of thiocarbonyl (C=S) groups is 1. The first kappa shape index (κ1) is 25.0. The Balaban J connectivity index is 1.78. The molecule has 0 atom stereocenters. The number of aliphatic imine (C=N–C) groups is 1. The number of nitrogens with two attached hydrogens (primary N) is 1. The number of nitriles is 1. The summed E-state index contributed by atoms with van der Waals surface area (Å²) in [7, 11) is 3.37. The van der Waals surface area contributed by atoms with Gasteiger partial charge in [0.1, 0.15) is 11.5 Å². The van der Waals surface area contributed by atoms with E-state index in [9.17, 15) is 4.79 Å². The van der Waals surface area contributed by atoms with Gasteiger partial charge in [-0.05, 0) is 55.6 Å². The molecule has 0 saturated heterocycles. The molecule has 1 saturated carbocycles. The molecule has 0 unspecified atom stereocenters. The molecule has 2 aromatic carbocycles. The highest BCUT2D eigenvalue weighted by molar-refractivity contribution is 7.78. The second kappa shape index (κ2) is 11.5. The summed E-state index contributed by atoms with van der Waals surface area (Å²) in [6.45, 7) is 0.482. The van der Waals surface area contributed by atoms with Crippen molar-refractivity contribution in [2.75, 3.05) is 20.7 Å².